The van der Waals surface area contributed by atoms with Crippen molar-refractivity contribution in [3.63, 3.8) is 0 Å². The molecule has 1 fully saturated rings. The van der Waals surface area contributed by atoms with E-state index in [0.717, 1.165) is 47.9 Å². The number of carbonyl (C=O) groups is 2. The van der Waals surface area contributed by atoms with Gasteiger partial charge in [-0.1, -0.05) is 48.7 Å². The van der Waals surface area contributed by atoms with Gasteiger partial charge in [0.2, 0.25) is 11.8 Å². The quantitative estimate of drug-likeness (QED) is 0.733. The highest BCUT2D eigenvalue weighted by Crippen LogP contribution is 2.19. The Kier molecular flexibility index (Phi) is 7.24. The molecule has 0 aliphatic heterocycles. The molecule has 0 aromatic heterocycles. The predicted octanol–water partition coefficient (Wildman–Crippen LogP) is 4.46. The van der Waals surface area contributed by atoms with Gasteiger partial charge in [0.05, 0.1) is 6.42 Å². The van der Waals surface area contributed by atoms with Crippen LogP contribution >= 0.6 is 0 Å². The standard InChI is InChI=1S/C25H31FN2O2/c1-17-8-9-18(2)21(14-17)15-24(29)28(16-20-10-12-22(26)13-11-20)19(3)25(30)27-23-6-4-5-7-23/h8-14,19,23H,4-7,15-16H2,1-3H3,(H,27,30). The third kappa shape index (κ3) is 5.68. The van der Waals surface area contributed by atoms with Gasteiger partial charge < -0.3 is 10.2 Å². The van der Waals surface area contributed by atoms with Gasteiger partial charge >= 0.3 is 0 Å². The highest BCUT2D eigenvalue weighted by molar-refractivity contribution is 5.88. The van der Waals surface area contributed by atoms with Crippen molar-refractivity contribution < 1.29 is 14.0 Å². The molecule has 3 rings (SSSR count). The van der Waals surface area contributed by atoms with E-state index in [1.54, 1.807) is 24.0 Å². The molecule has 0 radical (unpaired) electrons. The molecule has 1 N–H and O–H groups in total. The lowest BCUT2D eigenvalue weighted by Crippen LogP contribution is -2.50. The van der Waals surface area contributed by atoms with Gasteiger partial charge in [-0.25, -0.2) is 4.39 Å². The maximum atomic E-state index is 13.3. The largest absolute Gasteiger partial charge is 0.352 e. The zero-order valence-corrected chi connectivity index (χ0v) is 18.1. The summed E-state index contributed by atoms with van der Waals surface area (Å²) >= 11 is 0. The van der Waals surface area contributed by atoms with E-state index in [1.165, 1.54) is 12.1 Å². The Balaban J connectivity index is 1.79. The lowest BCUT2D eigenvalue weighted by atomic mass is 10.0. The van der Waals surface area contributed by atoms with Crippen LogP contribution in [-0.4, -0.2) is 28.8 Å². The van der Waals surface area contributed by atoms with Gasteiger partial charge in [0.1, 0.15) is 11.9 Å². The normalized spacial score (nSPS) is 15.1. The third-order valence-electron chi connectivity index (χ3n) is 5.98. The Bertz CT molecular complexity index is 889. The number of benzene rings is 2. The summed E-state index contributed by atoms with van der Waals surface area (Å²) in [6.45, 7) is 6.03. The number of amides is 2. The summed E-state index contributed by atoms with van der Waals surface area (Å²) < 4.78 is 13.3. The van der Waals surface area contributed by atoms with Crippen molar-refractivity contribution in [3.05, 3.63) is 70.5 Å². The number of rotatable bonds is 7. The minimum Gasteiger partial charge on any atom is -0.352 e. The summed E-state index contributed by atoms with van der Waals surface area (Å²) in [6, 6.07) is 11.7. The number of carbonyl (C=O) groups excluding carboxylic acids is 2. The molecular weight excluding hydrogens is 379 g/mol. The lowest BCUT2D eigenvalue weighted by Gasteiger charge is -2.30. The van der Waals surface area contributed by atoms with Crippen molar-refractivity contribution in [1.82, 2.24) is 10.2 Å². The van der Waals surface area contributed by atoms with Crippen LogP contribution in [-0.2, 0) is 22.6 Å². The fraction of sp³-hybridized carbons (Fsp3) is 0.440. The SMILES string of the molecule is Cc1ccc(C)c(CC(=O)N(Cc2ccc(F)cc2)C(C)C(=O)NC2CCCC2)c1. The summed E-state index contributed by atoms with van der Waals surface area (Å²) in [5.74, 6) is -0.556. The second-order valence-corrected chi connectivity index (χ2v) is 8.42. The second kappa shape index (κ2) is 9.88. The van der Waals surface area contributed by atoms with Crippen molar-refractivity contribution in [2.24, 2.45) is 0 Å². The number of hydrogen-bond donors (Lipinski definition) is 1. The van der Waals surface area contributed by atoms with E-state index in [4.69, 9.17) is 0 Å². The molecule has 2 aromatic rings. The molecule has 160 valence electrons. The van der Waals surface area contributed by atoms with E-state index in [0.29, 0.717) is 0 Å². The monoisotopic (exact) mass is 410 g/mol. The van der Waals surface area contributed by atoms with Crippen molar-refractivity contribution in [3.8, 4) is 0 Å². The molecule has 2 amide bonds. The molecule has 0 heterocycles. The number of halogens is 1. The van der Waals surface area contributed by atoms with E-state index in [1.807, 2.05) is 32.0 Å². The van der Waals surface area contributed by atoms with Crippen LogP contribution < -0.4 is 5.32 Å². The van der Waals surface area contributed by atoms with Gasteiger partial charge in [-0.3, -0.25) is 9.59 Å². The molecule has 0 spiro atoms. The second-order valence-electron chi connectivity index (χ2n) is 8.42. The average molecular weight is 411 g/mol. The Morgan fingerprint density at radius 3 is 2.43 bits per heavy atom. The number of aryl methyl sites for hydroxylation is 2. The van der Waals surface area contributed by atoms with Gasteiger partial charge in [0.25, 0.3) is 0 Å². The first-order valence-corrected chi connectivity index (χ1v) is 10.7. The van der Waals surface area contributed by atoms with Gasteiger partial charge in [-0.05, 0) is 62.4 Å². The van der Waals surface area contributed by atoms with Crippen molar-refractivity contribution in [2.45, 2.75) is 71.5 Å². The van der Waals surface area contributed by atoms with E-state index >= 15 is 0 Å². The van der Waals surface area contributed by atoms with Gasteiger partial charge in [-0.2, -0.15) is 0 Å². The minimum absolute atomic E-state index is 0.109. The molecule has 5 heteroatoms. The summed E-state index contributed by atoms with van der Waals surface area (Å²) in [5, 5.41) is 3.10. The first kappa shape index (κ1) is 22.0. The van der Waals surface area contributed by atoms with E-state index < -0.39 is 6.04 Å². The highest BCUT2D eigenvalue weighted by atomic mass is 19.1. The third-order valence-corrected chi connectivity index (χ3v) is 5.98. The topological polar surface area (TPSA) is 49.4 Å². The van der Waals surface area contributed by atoms with E-state index in [9.17, 15) is 14.0 Å². The molecular formula is C25H31FN2O2. The fourth-order valence-electron chi connectivity index (χ4n) is 4.02. The van der Waals surface area contributed by atoms with Gasteiger partial charge in [0, 0.05) is 12.6 Å². The smallest absolute Gasteiger partial charge is 0.242 e. The summed E-state index contributed by atoms with van der Waals surface area (Å²) in [7, 11) is 0. The Labute approximate surface area is 178 Å². The molecule has 4 nitrogen and oxygen atoms in total. The van der Waals surface area contributed by atoms with Crippen LogP contribution in [0.5, 0.6) is 0 Å². The van der Waals surface area contributed by atoms with Crippen LogP contribution in [0.4, 0.5) is 4.39 Å². The zero-order valence-electron chi connectivity index (χ0n) is 18.1. The van der Waals surface area contributed by atoms with Crippen LogP contribution in [0.2, 0.25) is 0 Å². The van der Waals surface area contributed by atoms with Crippen LogP contribution in [0.3, 0.4) is 0 Å². The van der Waals surface area contributed by atoms with Gasteiger partial charge in [0.15, 0.2) is 0 Å². The Morgan fingerprint density at radius 2 is 1.77 bits per heavy atom. The highest BCUT2D eigenvalue weighted by Gasteiger charge is 2.28. The Hall–Kier alpha value is -2.69. The first-order chi connectivity index (χ1) is 14.3. The maximum absolute atomic E-state index is 13.3. The van der Waals surface area contributed by atoms with Crippen LogP contribution in [0, 0.1) is 19.7 Å². The van der Waals surface area contributed by atoms with E-state index in [-0.39, 0.29) is 36.6 Å². The molecule has 30 heavy (non-hydrogen) atoms. The minimum atomic E-state index is -0.603. The maximum Gasteiger partial charge on any atom is 0.242 e. The molecule has 1 atom stereocenters. The van der Waals surface area contributed by atoms with Crippen molar-refractivity contribution in [1.29, 1.82) is 0 Å². The summed E-state index contributed by atoms with van der Waals surface area (Å²) in [4.78, 5) is 27.8. The van der Waals surface area contributed by atoms with E-state index in [2.05, 4.69) is 5.32 Å². The number of nitrogens with zero attached hydrogens (tertiary/aromatic N) is 1. The lowest BCUT2D eigenvalue weighted by molar-refractivity contribution is -0.140. The first-order valence-electron chi connectivity index (χ1n) is 10.7. The molecule has 1 unspecified atom stereocenters. The number of hydrogen-bond acceptors (Lipinski definition) is 2. The molecule has 0 saturated heterocycles. The molecule has 1 saturated carbocycles. The van der Waals surface area contributed by atoms with Crippen LogP contribution in [0.25, 0.3) is 0 Å². The number of nitrogens with one attached hydrogen (secondary N) is 1. The summed E-state index contributed by atoms with van der Waals surface area (Å²) in [6.07, 6.45) is 4.48. The molecule has 1 aliphatic rings. The van der Waals surface area contributed by atoms with Crippen LogP contribution in [0.15, 0.2) is 42.5 Å². The summed E-state index contributed by atoms with van der Waals surface area (Å²) in [5.41, 5.74) is 3.91. The predicted molar refractivity (Wildman–Crippen MR) is 116 cm³/mol. The van der Waals surface area contributed by atoms with Crippen molar-refractivity contribution in [2.75, 3.05) is 0 Å². The van der Waals surface area contributed by atoms with Gasteiger partial charge in [-0.15, -0.1) is 0 Å². The zero-order chi connectivity index (χ0) is 21.7. The Morgan fingerprint density at radius 1 is 1.10 bits per heavy atom. The molecule has 1 aliphatic carbocycles. The fourth-order valence-corrected chi connectivity index (χ4v) is 4.02. The average Bonchev–Trinajstić information content (AvgIpc) is 3.22. The van der Waals surface area contributed by atoms with Crippen LogP contribution in [0.1, 0.15) is 54.9 Å². The van der Waals surface area contributed by atoms with Crippen molar-refractivity contribution >= 4 is 11.8 Å². The molecule has 2 aromatic carbocycles. The molecule has 0 bridgehead atoms.